The molecule has 9 heteroatoms. The molecule has 3 aromatic heterocycles. The summed E-state index contributed by atoms with van der Waals surface area (Å²) in [5, 5.41) is 4.54. The van der Waals surface area contributed by atoms with Crippen LogP contribution in [0.3, 0.4) is 0 Å². The summed E-state index contributed by atoms with van der Waals surface area (Å²) >= 11 is 1.62. The highest BCUT2D eigenvalue weighted by atomic mass is 32.1. The highest BCUT2D eigenvalue weighted by molar-refractivity contribution is 7.18. The van der Waals surface area contributed by atoms with Gasteiger partial charge in [-0.1, -0.05) is 5.16 Å². The van der Waals surface area contributed by atoms with Crippen molar-refractivity contribution in [1.82, 2.24) is 25.0 Å². The Kier molecular flexibility index (Phi) is 4.77. The van der Waals surface area contributed by atoms with Gasteiger partial charge < -0.3 is 14.4 Å². The van der Waals surface area contributed by atoms with Gasteiger partial charge in [0.25, 0.3) is 5.56 Å². The number of thiophene rings is 1. The lowest BCUT2D eigenvalue weighted by Gasteiger charge is -2.14. The van der Waals surface area contributed by atoms with Gasteiger partial charge >= 0.3 is 0 Å². The average molecular weight is 387 g/mol. The number of carbonyl (C=O) groups is 1. The first kappa shape index (κ1) is 17.8. The van der Waals surface area contributed by atoms with Gasteiger partial charge in [0.05, 0.1) is 11.9 Å². The predicted molar refractivity (Wildman–Crippen MR) is 101 cm³/mol. The molecule has 8 nitrogen and oxygen atoms in total. The molecule has 1 N–H and O–H groups in total. The molecular formula is C18H21N5O3S. The van der Waals surface area contributed by atoms with Crippen LogP contribution >= 0.6 is 11.3 Å². The number of aromatic nitrogens is 4. The van der Waals surface area contributed by atoms with Gasteiger partial charge in [-0.05, 0) is 31.2 Å². The summed E-state index contributed by atoms with van der Waals surface area (Å²) in [6, 6.07) is 0. The summed E-state index contributed by atoms with van der Waals surface area (Å²) in [6.07, 6.45) is 4.93. The lowest BCUT2D eigenvalue weighted by Crippen LogP contribution is -2.27. The molecular weight excluding hydrogens is 366 g/mol. The second-order valence-corrected chi connectivity index (χ2v) is 7.97. The molecule has 3 aromatic rings. The molecule has 0 unspecified atom stereocenters. The number of nitrogens with one attached hydrogen (secondary N) is 1. The smallest absolute Gasteiger partial charge is 0.259 e. The third-order valence-corrected chi connectivity index (χ3v) is 6.01. The standard InChI is InChI=1S/C18H21N5O3S/c1-10-19-14(22-26-10)9-23(2)15(24)8-7-13-20-17(25)16-11-5-3-4-6-12(11)27-18(16)21-13/h3-9H2,1-2H3,(H,20,21,25). The van der Waals surface area contributed by atoms with Crippen LogP contribution in [0.1, 0.15) is 47.2 Å². The second-order valence-electron chi connectivity index (χ2n) is 6.88. The second kappa shape index (κ2) is 7.22. The molecule has 142 valence electrons. The quantitative estimate of drug-likeness (QED) is 0.719. The zero-order chi connectivity index (χ0) is 19.0. The van der Waals surface area contributed by atoms with E-state index in [1.807, 2.05) is 0 Å². The highest BCUT2D eigenvalue weighted by Crippen LogP contribution is 2.33. The van der Waals surface area contributed by atoms with Gasteiger partial charge in [0.15, 0.2) is 5.82 Å². The Morgan fingerprint density at radius 2 is 2.11 bits per heavy atom. The van der Waals surface area contributed by atoms with Crippen molar-refractivity contribution in [2.24, 2.45) is 0 Å². The van der Waals surface area contributed by atoms with E-state index in [4.69, 9.17) is 4.52 Å². The number of fused-ring (bicyclic) bond motifs is 3. The fraction of sp³-hybridized carbons (Fsp3) is 0.500. The predicted octanol–water partition coefficient (Wildman–Crippen LogP) is 2.15. The molecule has 0 radical (unpaired) electrons. The molecule has 0 fully saturated rings. The van der Waals surface area contributed by atoms with Crippen molar-refractivity contribution in [2.75, 3.05) is 7.05 Å². The first-order valence-corrected chi connectivity index (χ1v) is 9.89. The van der Waals surface area contributed by atoms with Crippen molar-refractivity contribution in [3.8, 4) is 0 Å². The SMILES string of the molecule is Cc1nc(CN(C)C(=O)CCc2nc3sc4c(c3c(=O)[nH]2)CCCC4)no1. The number of aryl methyl sites for hydroxylation is 4. The fourth-order valence-corrected chi connectivity index (χ4v) is 4.73. The molecule has 3 heterocycles. The van der Waals surface area contributed by atoms with Gasteiger partial charge in [-0.3, -0.25) is 9.59 Å². The number of aromatic amines is 1. The van der Waals surface area contributed by atoms with E-state index >= 15 is 0 Å². The van der Waals surface area contributed by atoms with Crippen molar-refractivity contribution in [3.63, 3.8) is 0 Å². The van der Waals surface area contributed by atoms with Crippen molar-refractivity contribution in [3.05, 3.63) is 38.3 Å². The van der Waals surface area contributed by atoms with Gasteiger partial charge in [0.2, 0.25) is 11.8 Å². The minimum Gasteiger partial charge on any atom is -0.340 e. The lowest BCUT2D eigenvalue weighted by molar-refractivity contribution is -0.130. The summed E-state index contributed by atoms with van der Waals surface area (Å²) in [7, 11) is 1.70. The maximum Gasteiger partial charge on any atom is 0.259 e. The molecule has 0 spiro atoms. The third-order valence-electron chi connectivity index (χ3n) is 4.82. The maximum atomic E-state index is 12.5. The summed E-state index contributed by atoms with van der Waals surface area (Å²) in [4.78, 5) is 40.1. The Morgan fingerprint density at radius 3 is 2.89 bits per heavy atom. The van der Waals surface area contributed by atoms with Crippen molar-refractivity contribution in [1.29, 1.82) is 0 Å². The van der Waals surface area contributed by atoms with Crippen LogP contribution in [0.5, 0.6) is 0 Å². The topological polar surface area (TPSA) is 105 Å². The van der Waals surface area contributed by atoms with E-state index in [0.717, 1.165) is 29.5 Å². The van der Waals surface area contributed by atoms with E-state index in [0.29, 0.717) is 24.0 Å². The Morgan fingerprint density at radius 1 is 1.30 bits per heavy atom. The van der Waals surface area contributed by atoms with E-state index in [9.17, 15) is 9.59 Å². The summed E-state index contributed by atoms with van der Waals surface area (Å²) in [5.41, 5.74) is 1.09. The minimum atomic E-state index is -0.0857. The number of H-pyrrole nitrogens is 1. The number of nitrogens with zero attached hydrogens (tertiary/aromatic N) is 4. The molecule has 0 saturated heterocycles. The van der Waals surface area contributed by atoms with Crippen LogP contribution < -0.4 is 5.56 Å². The molecule has 1 aliphatic rings. The third kappa shape index (κ3) is 3.64. The van der Waals surface area contributed by atoms with Crippen LogP contribution in [0.15, 0.2) is 9.32 Å². The largest absolute Gasteiger partial charge is 0.340 e. The van der Waals surface area contributed by atoms with E-state index in [1.54, 1.807) is 30.2 Å². The van der Waals surface area contributed by atoms with Gasteiger partial charge in [-0.25, -0.2) is 4.98 Å². The highest BCUT2D eigenvalue weighted by Gasteiger charge is 2.20. The maximum absolute atomic E-state index is 12.5. The zero-order valence-electron chi connectivity index (χ0n) is 15.4. The molecule has 0 saturated carbocycles. The molecule has 0 atom stereocenters. The molecule has 0 aromatic carbocycles. The van der Waals surface area contributed by atoms with E-state index in [1.165, 1.54) is 16.9 Å². The number of hydrogen-bond donors (Lipinski definition) is 1. The Labute approximate surface area is 159 Å². The van der Waals surface area contributed by atoms with Crippen LogP contribution in [-0.4, -0.2) is 38.0 Å². The van der Waals surface area contributed by atoms with Gasteiger partial charge in [0, 0.05) is 31.7 Å². The number of hydrogen-bond acceptors (Lipinski definition) is 7. The Hall–Kier alpha value is -2.55. The van der Waals surface area contributed by atoms with Crippen LogP contribution in [0.4, 0.5) is 0 Å². The van der Waals surface area contributed by atoms with Crippen molar-refractivity contribution in [2.45, 2.75) is 52.0 Å². The molecule has 1 amide bonds. The first-order valence-electron chi connectivity index (χ1n) is 9.08. The lowest BCUT2D eigenvalue weighted by atomic mass is 9.97. The Bertz CT molecular complexity index is 1050. The van der Waals surface area contributed by atoms with Crippen molar-refractivity contribution < 1.29 is 9.32 Å². The summed E-state index contributed by atoms with van der Waals surface area (Å²) in [6.45, 7) is 2.00. The Balaban J connectivity index is 1.45. The molecule has 0 bridgehead atoms. The molecule has 27 heavy (non-hydrogen) atoms. The van der Waals surface area contributed by atoms with Gasteiger partial charge in [-0.2, -0.15) is 4.98 Å². The summed E-state index contributed by atoms with van der Waals surface area (Å²) < 4.78 is 4.92. The van der Waals surface area contributed by atoms with Crippen molar-refractivity contribution >= 4 is 27.5 Å². The van der Waals surface area contributed by atoms with Crippen LogP contribution in [0, 0.1) is 6.92 Å². The van der Waals surface area contributed by atoms with Crippen LogP contribution in [-0.2, 0) is 30.6 Å². The summed E-state index contributed by atoms with van der Waals surface area (Å²) in [5.74, 6) is 1.44. The minimum absolute atomic E-state index is 0.0642. The van der Waals surface area contributed by atoms with Gasteiger partial charge in [-0.15, -0.1) is 11.3 Å². The van der Waals surface area contributed by atoms with E-state index in [-0.39, 0.29) is 24.4 Å². The number of rotatable bonds is 5. The molecule has 0 aliphatic heterocycles. The first-order chi connectivity index (χ1) is 13.0. The normalized spacial score (nSPS) is 13.7. The van der Waals surface area contributed by atoms with Crippen LogP contribution in [0.2, 0.25) is 0 Å². The van der Waals surface area contributed by atoms with Gasteiger partial charge in [0.1, 0.15) is 10.7 Å². The van der Waals surface area contributed by atoms with Crippen LogP contribution in [0.25, 0.3) is 10.2 Å². The van der Waals surface area contributed by atoms with E-state index < -0.39 is 0 Å². The van der Waals surface area contributed by atoms with E-state index in [2.05, 4.69) is 20.1 Å². The fourth-order valence-electron chi connectivity index (χ4n) is 3.45. The molecule has 4 rings (SSSR count). The number of carbonyl (C=O) groups excluding carboxylic acids is 1. The monoisotopic (exact) mass is 387 g/mol. The average Bonchev–Trinajstić information content (AvgIpc) is 3.22. The zero-order valence-corrected chi connectivity index (χ0v) is 16.2. The molecule has 1 aliphatic carbocycles. The number of amides is 1.